The van der Waals surface area contributed by atoms with Gasteiger partial charge in [-0.15, -0.1) is 0 Å². The Labute approximate surface area is 148 Å². The fourth-order valence-corrected chi connectivity index (χ4v) is 3.10. The predicted octanol–water partition coefficient (Wildman–Crippen LogP) is 2.49. The molecule has 2 heterocycles. The lowest BCUT2D eigenvalue weighted by molar-refractivity contribution is -0.00923. The highest BCUT2D eigenvalue weighted by Gasteiger charge is 2.30. The van der Waals surface area contributed by atoms with Crippen LogP contribution in [0, 0.1) is 6.92 Å². The van der Waals surface area contributed by atoms with Gasteiger partial charge in [0.2, 0.25) is 0 Å². The summed E-state index contributed by atoms with van der Waals surface area (Å²) in [4.78, 5) is 15.1. The summed E-state index contributed by atoms with van der Waals surface area (Å²) in [5.74, 6) is 0.375. The number of nitrogens with one attached hydrogen (secondary N) is 1. The van der Waals surface area contributed by atoms with Crippen molar-refractivity contribution < 1.29 is 14.1 Å². The SMILES string of the molecule is Cc1onc(-c2ccccc2)c1C(=O)NCC(C)(C)N1CCOCC1. The highest BCUT2D eigenvalue weighted by molar-refractivity contribution is 6.00. The van der Waals surface area contributed by atoms with Crippen molar-refractivity contribution in [3.8, 4) is 11.3 Å². The van der Waals surface area contributed by atoms with Gasteiger partial charge in [-0.3, -0.25) is 9.69 Å². The summed E-state index contributed by atoms with van der Waals surface area (Å²) in [5, 5.41) is 7.13. The molecule has 0 saturated carbocycles. The largest absolute Gasteiger partial charge is 0.379 e. The molecule has 1 aliphatic rings. The second kappa shape index (κ2) is 7.37. The summed E-state index contributed by atoms with van der Waals surface area (Å²) >= 11 is 0. The van der Waals surface area contributed by atoms with Crippen molar-refractivity contribution in [3.63, 3.8) is 0 Å². The van der Waals surface area contributed by atoms with Crippen LogP contribution in [0.5, 0.6) is 0 Å². The highest BCUT2D eigenvalue weighted by atomic mass is 16.5. The zero-order valence-electron chi connectivity index (χ0n) is 15.0. The Bertz CT molecular complexity index is 719. The summed E-state index contributed by atoms with van der Waals surface area (Å²) in [6.07, 6.45) is 0. The van der Waals surface area contributed by atoms with E-state index in [1.54, 1.807) is 6.92 Å². The van der Waals surface area contributed by atoms with E-state index in [9.17, 15) is 4.79 Å². The molecule has 0 spiro atoms. The lowest BCUT2D eigenvalue weighted by Gasteiger charge is -2.40. The number of aromatic nitrogens is 1. The van der Waals surface area contributed by atoms with Gasteiger partial charge >= 0.3 is 0 Å². The van der Waals surface area contributed by atoms with Crippen molar-refractivity contribution >= 4 is 5.91 Å². The van der Waals surface area contributed by atoms with E-state index in [0.29, 0.717) is 23.6 Å². The summed E-state index contributed by atoms with van der Waals surface area (Å²) < 4.78 is 10.7. The van der Waals surface area contributed by atoms with Gasteiger partial charge in [0.1, 0.15) is 17.0 Å². The van der Waals surface area contributed by atoms with Gasteiger partial charge in [0.15, 0.2) is 0 Å². The Morgan fingerprint density at radius 1 is 1.24 bits per heavy atom. The predicted molar refractivity (Wildman–Crippen MR) is 95.5 cm³/mol. The Kier molecular flexibility index (Phi) is 5.20. The molecule has 6 nitrogen and oxygen atoms in total. The van der Waals surface area contributed by atoms with E-state index in [4.69, 9.17) is 9.26 Å². The van der Waals surface area contributed by atoms with Crippen molar-refractivity contribution in [2.75, 3.05) is 32.8 Å². The van der Waals surface area contributed by atoms with Crippen LogP contribution in [0.4, 0.5) is 0 Å². The van der Waals surface area contributed by atoms with Crippen LogP contribution in [-0.2, 0) is 4.74 Å². The molecule has 6 heteroatoms. The van der Waals surface area contributed by atoms with Crippen LogP contribution in [0.3, 0.4) is 0 Å². The minimum Gasteiger partial charge on any atom is -0.379 e. The maximum absolute atomic E-state index is 12.8. The average molecular weight is 343 g/mol. The number of nitrogens with zero attached hydrogens (tertiary/aromatic N) is 2. The fraction of sp³-hybridized carbons (Fsp3) is 0.474. The van der Waals surface area contributed by atoms with E-state index in [1.165, 1.54) is 0 Å². The third kappa shape index (κ3) is 3.91. The second-order valence-corrected chi connectivity index (χ2v) is 6.92. The number of benzene rings is 1. The summed E-state index contributed by atoms with van der Waals surface area (Å²) in [6, 6.07) is 9.61. The molecule has 25 heavy (non-hydrogen) atoms. The van der Waals surface area contributed by atoms with Crippen molar-refractivity contribution in [2.24, 2.45) is 0 Å². The number of hydrogen-bond acceptors (Lipinski definition) is 5. The molecule has 1 aromatic heterocycles. The third-order valence-corrected chi connectivity index (χ3v) is 4.69. The smallest absolute Gasteiger partial charge is 0.257 e. The molecule has 0 unspecified atom stereocenters. The molecule has 1 fully saturated rings. The van der Waals surface area contributed by atoms with E-state index in [2.05, 4.69) is 29.2 Å². The van der Waals surface area contributed by atoms with Gasteiger partial charge in [-0.2, -0.15) is 0 Å². The molecule has 1 saturated heterocycles. The highest BCUT2D eigenvalue weighted by Crippen LogP contribution is 2.25. The molecular weight excluding hydrogens is 318 g/mol. The lowest BCUT2D eigenvalue weighted by Crippen LogP contribution is -2.55. The quantitative estimate of drug-likeness (QED) is 0.903. The number of aryl methyl sites for hydroxylation is 1. The summed E-state index contributed by atoms with van der Waals surface area (Å²) in [7, 11) is 0. The standard InChI is InChI=1S/C19H25N3O3/c1-14-16(17(21-25-14)15-7-5-4-6-8-15)18(23)20-13-19(2,3)22-9-11-24-12-10-22/h4-8H,9-13H2,1-3H3,(H,20,23). The first kappa shape index (κ1) is 17.6. The van der Waals surface area contributed by atoms with Crippen LogP contribution < -0.4 is 5.32 Å². The Hall–Kier alpha value is -2.18. The molecular formula is C19H25N3O3. The van der Waals surface area contributed by atoms with Crippen molar-refractivity contribution in [1.29, 1.82) is 0 Å². The zero-order valence-corrected chi connectivity index (χ0v) is 15.0. The molecule has 0 aliphatic carbocycles. The number of carbonyl (C=O) groups is 1. The van der Waals surface area contributed by atoms with E-state index < -0.39 is 0 Å². The van der Waals surface area contributed by atoms with Crippen molar-refractivity contribution in [3.05, 3.63) is 41.7 Å². The molecule has 1 aromatic carbocycles. The van der Waals surface area contributed by atoms with E-state index in [1.807, 2.05) is 30.3 Å². The number of morpholine rings is 1. The summed E-state index contributed by atoms with van der Waals surface area (Å²) in [5.41, 5.74) is 1.82. The molecule has 134 valence electrons. The first-order valence-electron chi connectivity index (χ1n) is 8.62. The minimum atomic E-state index is -0.154. The van der Waals surface area contributed by atoms with Crippen LogP contribution in [0.1, 0.15) is 30.0 Å². The molecule has 1 N–H and O–H groups in total. The van der Waals surface area contributed by atoms with Crippen LogP contribution >= 0.6 is 0 Å². The molecule has 0 bridgehead atoms. The van der Waals surface area contributed by atoms with Gasteiger partial charge in [-0.05, 0) is 20.8 Å². The molecule has 3 rings (SSSR count). The second-order valence-electron chi connectivity index (χ2n) is 6.92. The van der Waals surface area contributed by atoms with E-state index in [-0.39, 0.29) is 11.4 Å². The molecule has 1 aliphatic heterocycles. The topological polar surface area (TPSA) is 67.6 Å². The van der Waals surface area contributed by atoms with Gasteiger partial charge in [0, 0.05) is 30.7 Å². The van der Waals surface area contributed by atoms with Gasteiger partial charge in [0.05, 0.1) is 13.2 Å². The first-order chi connectivity index (χ1) is 12.0. The fourth-order valence-electron chi connectivity index (χ4n) is 3.10. The van der Waals surface area contributed by atoms with Crippen LogP contribution in [-0.4, -0.2) is 54.4 Å². The minimum absolute atomic E-state index is 0.141. The van der Waals surface area contributed by atoms with Gasteiger partial charge in [-0.1, -0.05) is 35.5 Å². The van der Waals surface area contributed by atoms with Gasteiger partial charge in [-0.25, -0.2) is 0 Å². The van der Waals surface area contributed by atoms with Crippen molar-refractivity contribution in [2.45, 2.75) is 26.3 Å². The van der Waals surface area contributed by atoms with Crippen LogP contribution in [0.25, 0.3) is 11.3 Å². The van der Waals surface area contributed by atoms with Crippen molar-refractivity contribution in [1.82, 2.24) is 15.4 Å². The maximum Gasteiger partial charge on any atom is 0.257 e. The van der Waals surface area contributed by atoms with Crippen LogP contribution in [0.2, 0.25) is 0 Å². The molecule has 0 radical (unpaired) electrons. The number of carbonyl (C=O) groups excluding carboxylic acids is 1. The van der Waals surface area contributed by atoms with Gasteiger partial charge < -0.3 is 14.6 Å². The number of amides is 1. The zero-order chi connectivity index (χ0) is 17.9. The number of rotatable bonds is 5. The molecule has 0 atom stereocenters. The first-order valence-corrected chi connectivity index (χ1v) is 8.62. The lowest BCUT2D eigenvalue weighted by atomic mass is 10.0. The molecule has 1 amide bonds. The third-order valence-electron chi connectivity index (χ3n) is 4.69. The average Bonchev–Trinajstić information content (AvgIpc) is 3.03. The summed E-state index contributed by atoms with van der Waals surface area (Å²) in [6.45, 7) is 9.82. The maximum atomic E-state index is 12.8. The van der Waals surface area contributed by atoms with E-state index in [0.717, 1.165) is 31.9 Å². The Balaban J connectivity index is 1.73. The van der Waals surface area contributed by atoms with Gasteiger partial charge in [0.25, 0.3) is 5.91 Å². The van der Waals surface area contributed by atoms with Crippen LogP contribution in [0.15, 0.2) is 34.9 Å². The number of ether oxygens (including phenoxy) is 1. The number of hydrogen-bond donors (Lipinski definition) is 1. The van der Waals surface area contributed by atoms with E-state index >= 15 is 0 Å². The Morgan fingerprint density at radius 2 is 1.92 bits per heavy atom. The Morgan fingerprint density at radius 3 is 2.60 bits per heavy atom. The molecule has 2 aromatic rings. The monoisotopic (exact) mass is 343 g/mol. The normalized spacial score (nSPS) is 16.0.